The van der Waals surface area contributed by atoms with Gasteiger partial charge in [-0.1, -0.05) is 35.3 Å². The highest BCUT2D eigenvalue weighted by Crippen LogP contribution is 2.25. The number of benzene rings is 2. The van der Waals surface area contributed by atoms with Crippen LogP contribution in [0.2, 0.25) is 10.0 Å². The highest BCUT2D eigenvalue weighted by molar-refractivity contribution is 6.33. The van der Waals surface area contributed by atoms with E-state index in [9.17, 15) is 9.59 Å². The minimum absolute atomic E-state index is 0.0520. The van der Waals surface area contributed by atoms with Crippen LogP contribution in [0, 0.1) is 0 Å². The lowest BCUT2D eigenvalue weighted by Gasteiger charge is -2.09. The van der Waals surface area contributed by atoms with Crippen molar-refractivity contribution in [3.05, 3.63) is 63.6 Å². The number of carbonyl (C=O) groups excluding carboxylic acids is 2. The molecule has 0 aliphatic heterocycles. The Hall–Kier alpha value is -2.04. The molecule has 6 heteroatoms. The van der Waals surface area contributed by atoms with Gasteiger partial charge in [0.15, 0.2) is 0 Å². The third-order valence-corrected chi connectivity index (χ3v) is 3.21. The summed E-state index contributed by atoms with van der Waals surface area (Å²) in [6.07, 6.45) is 0. The standard InChI is InChI=1S/C15H10Cl2O4/c1-20-14(18)11-8-9(16)6-7-13(11)21-15(19)10-4-2-3-5-12(10)17/h2-8H,1H3. The molecule has 4 nitrogen and oxygen atoms in total. The summed E-state index contributed by atoms with van der Waals surface area (Å²) >= 11 is 11.8. The van der Waals surface area contributed by atoms with Gasteiger partial charge in [-0.25, -0.2) is 9.59 Å². The van der Waals surface area contributed by atoms with Crippen molar-refractivity contribution in [1.29, 1.82) is 0 Å². The Balaban J connectivity index is 2.34. The molecular weight excluding hydrogens is 315 g/mol. The van der Waals surface area contributed by atoms with Gasteiger partial charge < -0.3 is 9.47 Å². The van der Waals surface area contributed by atoms with E-state index in [2.05, 4.69) is 4.74 Å². The molecule has 2 rings (SSSR count). The van der Waals surface area contributed by atoms with E-state index in [0.29, 0.717) is 5.02 Å². The van der Waals surface area contributed by atoms with Crippen molar-refractivity contribution in [2.24, 2.45) is 0 Å². The minimum Gasteiger partial charge on any atom is -0.465 e. The maximum Gasteiger partial charge on any atom is 0.345 e. The van der Waals surface area contributed by atoms with E-state index in [1.165, 1.54) is 31.4 Å². The van der Waals surface area contributed by atoms with Gasteiger partial charge >= 0.3 is 11.9 Å². The van der Waals surface area contributed by atoms with E-state index in [0.717, 1.165) is 0 Å². The van der Waals surface area contributed by atoms with E-state index in [1.807, 2.05) is 0 Å². The molecule has 0 atom stereocenters. The van der Waals surface area contributed by atoms with Crippen molar-refractivity contribution in [2.45, 2.75) is 0 Å². The van der Waals surface area contributed by atoms with E-state index in [4.69, 9.17) is 27.9 Å². The predicted molar refractivity (Wildman–Crippen MR) is 79.2 cm³/mol. The number of rotatable bonds is 3. The lowest BCUT2D eigenvalue weighted by atomic mass is 10.2. The Morgan fingerprint density at radius 3 is 2.33 bits per heavy atom. The summed E-state index contributed by atoms with van der Waals surface area (Å²) in [7, 11) is 1.23. The van der Waals surface area contributed by atoms with Gasteiger partial charge in [-0.2, -0.15) is 0 Å². The highest BCUT2D eigenvalue weighted by atomic mass is 35.5. The van der Waals surface area contributed by atoms with Gasteiger partial charge in [0.05, 0.1) is 17.7 Å². The van der Waals surface area contributed by atoms with Crippen LogP contribution in [-0.2, 0) is 4.74 Å². The van der Waals surface area contributed by atoms with Crippen LogP contribution in [0.15, 0.2) is 42.5 Å². The van der Waals surface area contributed by atoms with Crippen molar-refractivity contribution in [3.8, 4) is 5.75 Å². The monoisotopic (exact) mass is 324 g/mol. The van der Waals surface area contributed by atoms with Crippen molar-refractivity contribution >= 4 is 35.1 Å². The van der Waals surface area contributed by atoms with Crippen LogP contribution < -0.4 is 4.74 Å². The third-order valence-electron chi connectivity index (χ3n) is 2.64. The molecule has 2 aromatic rings. The van der Waals surface area contributed by atoms with Gasteiger partial charge in [0.25, 0.3) is 0 Å². The van der Waals surface area contributed by atoms with E-state index in [1.54, 1.807) is 18.2 Å². The van der Waals surface area contributed by atoms with Crippen LogP contribution in [0.5, 0.6) is 5.75 Å². The van der Waals surface area contributed by atoms with Gasteiger partial charge in [0.1, 0.15) is 11.3 Å². The molecule has 0 aliphatic carbocycles. The lowest BCUT2D eigenvalue weighted by molar-refractivity contribution is 0.0593. The second kappa shape index (κ2) is 6.61. The summed E-state index contributed by atoms with van der Waals surface area (Å²) in [6.45, 7) is 0. The quantitative estimate of drug-likeness (QED) is 0.632. The molecule has 21 heavy (non-hydrogen) atoms. The Bertz CT molecular complexity index is 698. The van der Waals surface area contributed by atoms with Crippen molar-refractivity contribution in [1.82, 2.24) is 0 Å². The molecule has 2 aromatic carbocycles. The Labute approximate surface area is 131 Å². The van der Waals surface area contributed by atoms with Crippen LogP contribution in [0.4, 0.5) is 0 Å². The van der Waals surface area contributed by atoms with Crippen LogP contribution >= 0.6 is 23.2 Å². The maximum atomic E-state index is 12.1. The molecule has 0 bridgehead atoms. The Morgan fingerprint density at radius 1 is 0.952 bits per heavy atom. The molecular formula is C15H10Cl2O4. The predicted octanol–water partition coefficient (Wildman–Crippen LogP) is 4.00. The van der Waals surface area contributed by atoms with Crippen LogP contribution in [0.25, 0.3) is 0 Å². The number of carbonyl (C=O) groups is 2. The van der Waals surface area contributed by atoms with Crippen LogP contribution in [0.1, 0.15) is 20.7 Å². The first-order chi connectivity index (χ1) is 10.0. The van der Waals surface area contributed by atoms with Crippen LogP contribution in [0.3, 0.4) is 0 Å². The maximum absolute atomic E-state index is 12.1. The van der Waals surface area contributed by atoms with Gasteiger partial charge in [-0.15, -0.1) is 0 Å². The van der Waals surface area contributed by atoms with Gasteiger partial charge in [-0.05, 0) is 30.3 Å². The Kier molecular flexibility index (Phi) is 4.83. The molecule has 0 aliphatic rings. The summed E-state index contributed by atoms with van der Waals surface area (Å²) in [6, 6.07) is 10.7. The van der Waals surface area contributed by atoms with E-state index in [-0.39, 0.29) is 21.9 Å². The zero-order valence-corrected chi connectivity index (χ0v) is 12.4. The number of halogens is 2. The summed E-state index contributed by atoms with van der Waals surface area (Å²) < 4.78 is 9.84. The van der Waals surface area contributed by atoms with Gasteiger partial charge in [-0.3, -0.25) is 0 Å². The van der Waals surface area contributed by atoms with Gasteiger partial charge in [0, 0.05) is 5.02 Å². The van der Waals surface area contributed by atoms with Crippen molar-refractivity contribution in [3.63, 3.8) is 0 Å². The normalized spacial score (nSPS) is 10.0. The molecule has 0 unspecified atom stereocenters. The fourth-order valence-electron chi connectivity index (χ4n) is 1.64. The first-order valence-electron chi connectivity index (χ1n) is 5.87. The van der Waals surface area contributed by atoms with Crippen LogP contribution in [-0.4, -0.2) is 19.0 Å². The molecule has 0 saturated heterocycles. The molecule has 0 amide bonds. The summed E-state index contributed by atoms with van der Waals surface area (Å²) in [5.74, 6) is -1.27. The average molecular weight is 325 g/mol. The number of methoxy groups -OCH3 is 1. The third kappa shape index (κ3) is 3.54. The lowest BCUT2D eigenvalue weighted by Crippen LogP contribution is -2.12. The van der Waals surface area contributed by atoms with Crippen molar-refractivity contribution in [2.75, 3.05) is 7.11 Å². The number of esters is 2. The van der Waals surface area contributed by atoms with Gasteiger partial charge in [0.2, 0.25) is 0 Å². The minimum atomic E-state index is -0.673. The van der Waals surface area contributed by atoms with E-state index >= 15 is 0 Å². The molecule has 0 radical (unpaired) electrons. The second-order valence-electron chi connectivity index (χ2n) is 4.00. The first-order valence-corrected chi connectivity index (χ1v) is 6.63. The fraction of sp³-hybridized carbons (Fsp3) is 0.0667. The first kappa shape index (κ1) is 15.4. The molecule has 0 aromatic heterocycles. The van der Waals surface area contributed by atoms with E-state index < -0.39 is 11.9 Å². The average Bonchev–Trinajstić information content (AvgIpc) is 2.48. The zero-order valence-electron chi connectivity index (χ0n) is 10.9. The summed E-state index contributed by atoms with van der Waals surface area (Å²) in [5.41, 5.74) is 0.260. The zero-order chi connectivity index (χ0) is 15.4. The van der Waals surface area contributed by atoms with Crippen molar-refractivity contribution < 1.29 is 19.1 Å². The topological polar surface area (TPSA) is 52.6 Å². The summed E-state index contributed by atoms with van der Waals surface area (Å²) in [4.78, 5) is 23.8. The highest BCUT2D eigenvalue weighted by Gasteiger charge is 2.18. The molecule has 0 saturated carbocycles. The fourth-order valence-corrected chi connectivity index (χ4v) is 2.03. The smallest absolute Gasteiger partial charge is 0.345 e. The summed E-state index contributed by atoms with van der Waals surface area (Å²) in [5, 5.41) is 0.587. The molecule has 0 fully saturated rings. The number of hydrogen-bond acceptors (Lipinski definition) is 4. The molecule has 0 N–H and O–H groups in total. The molecule has 0 spiro atoms. The Morgan fingerprint density at radius 2 is 1.67 bits per heavy atom. The largest absolute Gasteiger partial charge is 0.465 e. The molecule has 108 valence electrons. The SMILES string of the molecule is COC(=O)c1cc(Cl)ccc1OC(=O)c1ccccc1Cl. The number of ether oxygens (including phenoxy) is 2. The number of hydrogen-bond donors (Lipinski definition) is 0. The second-order valence-corrected chi connectivity index (χ2v) is 4.85. The molecule has 0 heterocycles.